The molecule has 1 N–H and O–H groups in total. The number of aromatic nitrogens is 1. The fraction of sp³-hybridized carbons (Fsp3) is 0.444. The predicted octanol–water partition coefficient (Wildman–Crippen LogP) is 3.06. The Kier molecular flexibility index (Phi) is 5.43. The monoisotopic (exact) mass is 318 g/mol. The maximum Gasteiger partial charge on any atom is 0.125 e. The summed E-state index contributed by atoms with van der Waals surface area (Å²) in [7, 11) is 1.68. The Morgan fingerprint density at radius 2 is 2.17 bits per heavy atom. The summed E-state index contributed by atoms with van der Waals surface area (Å²) in [4.78, 5) is 5.54. The van der Waals surface area contributed by atoms with Gasteiger partial charge in [-0.25, -0.2) is 4.39 Å². The number of benzene rings is 1. The predicted molar refractivity (Wildman–Crippen MR) is 90.0 cm³/mol. The minimum atomic E-state index is -0.205. The molecule has 0 unspecified atom stereocenters. The van der Waals surface area contributed by atoms with Crippen molar-refractivity contribution < 1.29 is 13.9 Å². The van der Waals surface area contributed by atoms with Gasteiger partial charge in [-0.05, 0) is 30.2 Å². The second-order valence-corrected chi connectivity index (χ2v) is 5.78. The minimum Gasteiger partial charge on any atom is -0.382 e. The Bertz CT molecular complexity index is 681. The molecule has 124 valence electrons. The first kappa shape index (κ1) is 16.2. The molecule has 0 fully saturated rings. The van der Waals surface area contributed by atoms with Crippen molar-refractivity contribution in [1.29, 1.82) is 0 Å². The molecule has 3 rings (SSSR count). The quantitative estimate of drug-likeness (QED) is 0.797. The molecule has 0 saturated heterocycles. The van der Waals surface area contributed by atoms with Crippen molar-refractivity contribution in [3.8, 4) is 0 Å². The van der Waals surface area contributed by atoms with E-state index in [1.165, 1.54) is 17.2 Å². The molecule has 1 aromatic carbocycles. The van der Waals surface area contributed by atoms with Crippen LogP contribution in [0.15, 0.2) is 30.5 Å². The third kappa shape index (κ3) is 3.99. The standard InChI is InChI=1S/C18H23FN2O2/c1-22-10-11-23-9-8-21-6-4-14(5-7-21)17-13-20-18-12-15(19)2-3-16(17)18/h2-4,12-13,20H,5-11H2,1H3. The highest BCUT2D eigenvalue weighted by molar-refractivity contribution is 5.92. The van der Waals surface area contributed by atoms with Gasteiger partial charge in [0.15, 0.2) is 0 Å². The van der Waals surface area contributed by atoms with Crippen LogP contribution in [0.1, 0.15) is 12.0 Å². The molecule has 5 heteroatoms. The topological polar surface area (TPSA) is 37.5 Å². The molecule has 0 amide bonds. The van der Waals surface area contributed by atoms with Crippen molar-refractivity contribution in [3.63, 3.8) is 0 Å². The zero-order chi connectivity index (χ0) is 16.1. The highest BCUT2D eigenvalue weighted by Crippen LogP contribution is 2.29. The number of halogens is 1. The lowest BCUT2D eigenvalue weighted by Gasteiger charge is -2.26. The van der Waals surface area contributed by atoms with Gasteiger partial charge < -0.3 is 14.5 Å². The van der Waals surface area contributed by atoms with Gasteiger partial charge in [-0.1, -0.05) is 6.08 Å². The number of ether oxygens (including phenoxy) is 2. The number of nitrogens with one attached hydrogen (secondary N) is 1. The Balaban J connectivity index is 1.58. The zero-order valence-corrected chi connectivity index (χ0v) is 13.5. The lowest BCUT2D eigenvalue weighted by Crippen LogP contribution is -2.31. The Hall–Kier alpha value is -1.69. The van der Waals surface area contributed by atoms with Crippen LogP contribution in [0.4, 0.5) is 4.39 Å². The van der Waals surface area contributed by atoms with Gasteiger partial charge in [-0.15, -0.1) is 0 Å². The molecular weight excluding hydrogens is 295 g/mol. The van der Waals surface area contributed by atoms with E-state index in [-0.39, 0.29) is 5.82 Å². The van der Waals surface area contributed by atoms with E-state index in [0.717, 1.165) is 43.6 Å². The molecule has 1 aromatic heterocycles. The SMILES string of the molecule is COCCOCCN1CC=C(c2c[nH]c3cc(F)ccc23)CC1. The highest BCUT2D eigenvalue weighted by Gasteiger charge is 2.15. The first-order valence-electron chi connectivity index (χ1n) is 8.03. The third-order valence-corrected chi connectivity index (χ3v) is 4.27. The van der Waals surface area contributed by atoms with E-state index in [0.29, 0.717) is 13.2 Å². The molecule has 23 heavy (non-hydrogen) atoms. The van der Waals surface area contributed by atoms with E-state index in [9.17, 15) is 4.39 Å². The lowest BCUT2D eigenvalue weighted by molar-refractivity contribution is 0.0586. The molecule has 0 radical (unpaired) electrons. The van der Waals surface area contributed by atoms with Gasteiger partial charge in [0.1, 0.15) is 5.82 Å². The Morgan fingerprint density at radius 1 is 1.26 bits per heavy atom. The number of nitrogens with zero attached hydrogens (tertiary/aromatic N) is 1. The molecule has 1 aliphatic rings. The number of H-pyrrole nitrogens is 1. The summed E-state index contributed by atoms with van der Waals surface area (Å²) in [6, 6.07) is 4.92. The fourth-order valence-electron chi connectivity index (χ4n) is 2.96. The minimum absolute atomic E-state index is 0.205. The van der Waals surface area contributed by atoms with Crippen LogP contribution in [-0.2, 0) is 9.47 Å². The number of methoxy groups -OCH3 is 1. The van der Waals surface area contributed by atoms with E-state index >= 15 is 0 Å². The van der Waals surface area contributed by atoms with Crippen molar-refractivity contribution in [3.05, 3.63) is 41.9 Å². The molecular formula is C18H23FN2O2. The second kappa shape index (κ2) is 7.73. The van der Waals surface area contributed by atoms with Gasteiger partial charge >= 0.3 is 0 Å². The zero-order valence-electron chi connectivity index (χ0n) is 13.5. The van der Waals surface area contributed by atoms with Gasteiger partial charge in [-0.3, -0.25) is 4.90 Å². The van der Waals surface area contributed by atoms with Crippen molar-refractivity contribution in [2.75, 3.05) is 46.6 Å². The van der Waals surface area contributed by atoms with Gasteiger partial charge in [-0.2, -0.15) is 0 Å². The van der Waals surface area contributed by atoms with Crippen molar-refractivity contribution in [2.45, 2.75) is 6.42 Å². The van der Waals surface area contributed by atoms with Crippen LogP contribution in [0.3, 0.4) is 0 Å². The van der Waals surface area contributed by atoms with E-state index in [1.807, 2.05) is 12.3 Å². The number of hydrogen-bond donors (Lipinski definition) is 1. The number of rotatable bonds is 7. The average molecular weight is 318 g/mol. The third-order valence-electron chi connectivity index (χ3n) is 4.27. The summed E-state index contributed by atoms with van der Waals surface area (Å²) in [5.74, 6) is -0.205. The molecule has 2 heterocycles. The van der Waals surface area contributed by atoms with E-state index in [1.54, 1.807) is 13.2 Å². The second-order valence-electron chi connectivity index (χ2n) is 5.78. The summed E-state index contributed by atoms with van der Waals surface area (Å²) < 4.78 is 23.7. The van der Waals surface area contributed by atoms with Crippen LogP contribution < -0.4 is 0 Å². The number of fused-ring (bicyclic) bond motifs is 1. The largest absolute Gasteiger partial charge is 0.382 e. The van der Waals surface area contributed by atoms with Gasteiger partial charge in [0.25, 0.3) is 0 Å². The van der Waals surface area contributed by atoms with Gasteiger partial charge in [0, 0.05) is 49.4 Å². The Morgan fingerprint density at radius 3 is 2.96 bits per heavy atom. The normalized spacial score (nSPS) is 16.0. The molecule has 0 bridgehead atoms. The lowest BCUT2D eigenvalue weighted by atomic mass is 9.99. The van der Waals surface area contributed by atoms with Crippen LogP contribution in [0.2, 0.25) is 0 Å². The van der Waals surface area contributed by atoms with Crippen molar-refractivity contribution in [2.24, 2.45) is 0 Å². The molecule has 4 nitrogen and oxygen atoms in total. The molecule has 0 atom stereocenters. The first-order valence-corrected chi connectivity index (χ1v) is 8.03. The van der Waals surface area contributed by atoms with Crippen LogP contribution in [0.25, 0.3) is 16.5 Å². The van der Waals surface area contributed by atoms with Gasteiger partial charge in [0.05, 0.1) is 19.8 Å². The van der Waals surface area contributed by atoms with E-state index < -0.39 is 0 Å². The summed E-state index contributed by atoms with van der Waals surface area (Å²) in [6.07, 6.45) is 5.26. The molecule has 0 spiro atoms. The van der Waals surface area contributed by atoms with Crippen LogP contribution in [0.5, 0.6) is 0 Å². The summed E-state index contributed by atoms with van der Waals surface area (Å²) >= 11 is 0. The molecule has 2 aromatic rings. The van der Waals surface area contributed by atoms with Gasteiger partial charge in [0.2, 0.25) is 0 Å². The summed E-state index contributed by atoms with van der Waals surface area (Å²) in [5, 5.41) is 1.09. The van der Waals surface area contributed by atoms with Crippen molar-refractivity contribution >= 4 is 16.5 Å². The number of hydrogen-bond acceptors (Lipinski definition) is 3. The maximum atomic E-state index is 13.3. The van der Waals surface area contributed by atoms with Crippen molar-refractivity contribution in [1.82, 2.24) is 9.88 Å². The Labute approximate surface area is 135 Å². The first-order chi connectivity index (χ1) is 11.3. The van der Waals surface area contributed by atoms with E-state index in [2.05, 4.69) is 16.0 Å². The molecule has 0 aliphatic carbocycles. The molecule has 1 aliphatic heterocycles. The van der Waals surface area contributed by atoms with E-state index in [4.69, 9.17) is 9.47 Å². The number of aromatic amines is 1. The fourth-order valence-corrected chi connectivity index (χ4v) is 2.96. The van der Waals surface area contributed by atoms with Crippen LogP contribution >= 0.6 is 0 Å². The average Bonchev–Trinajstić information content (AvgIpc) is 2.98. The maximum absolute atomic E-state index is 13.3. The summed E-state index contributed by atoms with van der Waals surface area (Å²) in [6.45, 7) is 4.91. The molecule has 0 saturated carbocycles. The van der Waals surface area contributed by atoms with Crippen LogP contribution in [-0.4, -0.2) is 56.4 Å². The van der Waals surface area contributed by atoms with Crippen LogP contribution in [0, 0.1) is 5.82 Å². The highest BCUT2D eigenvalue weighted by atomic mass is 19.1. The summed E-state index contributed by atoms with van der Waals surface area (Å²) in [5.41, 5.74) is 3.38. The smallest absolute Gasteiger partial charge is 0.125 e.